The number of hydrogen-bond acceptors (Lipinski definition) is 2. The molecule has 0 bridgehead atoms. The summed E-state index contributed by atoms with van der Waals surface area (Å²) in [4.78, 5) is 0. The Labute approximate surface area is 133 Å². The highest BCUT2D eigenvalue weighted by atomic mass is 16.7. The summed E-state index contributed by atoms with van der Waals surface area (Å²) in [5, 5.41) is 0. The molecule has 1 aliphatic heterocycles. The van der Waals surface area contributed by atoms with Crippen molar-refractivity contribution in [2.45, 2.75) is 123 Å². The highest BCUT2D eigenvalue weighted by Gasteiger charge is 2.37. The number of rotatable bonds is 12. The number of unbranched alkanes of at least 4 members (excludes halogenated alkanes) is 10. The van der Waals surface area contributed by atoms with Crippen molar-refractivity contribution in [3.63, 3.8) is 0 Å². The van der Waals surface area contributed by atoms with Crippen molar-refractivity contribution >= 4 is 0 Å². The van der Waals surface area contributed by atoms with Gasteiger partial charge in [-0.25, -0.2) is 0 Å². The molecule has 0 aliphatic carbocycles. The maximum Gasteiger partial charge on any atom is 0.163 e. The van der Waals surface area contributed by atoms with E-state index in [1.54, 1.807) is 0 Å². The summed E-state index contributed by atoms with van der Waals surface area (Å²) in [6, 6.07) is 0. The van der Waals surface area contributed by atoms with Crippen molar-refractivity contribution in [1.29, 1.82) is 0 Å². The molecule has 1 heterocycles. The molecule has 0 amide bonds. The zero-order valence-electron chi connectivity index (χ0n) is 15.0. The maximum atomic E-state index is 5.93. The number of hydrogen-bond donors (Lipinski definition) is 0. The molecule has 1 rings (SSSR count). The SMILES string of the molecule is CCCCCCCCCCCCCC1OC(C)(C)OC1C. The minimum Gasteiger partial charge on any atom is -0.345 e. The highest BCUT2D eigenvalue weighted by Crippen LogP contribution is 2.30. The van der Waals surface area contributed by atoms with Crippen LogP contribution in [-0.4, -0.2) is 18.0 Å². The summed E-state index contributed by atoms with van der Waals surface area (Å²) < 4.78 is 11.7. The second-order valence-corrected chi connectivity index (χ2v) is 7.20. The fourth-order valence-corrected chi connectivity index (χ4v) is 3.32. The third kappa shape index (κ3) is 8.83. The van der Waals surface area contributed by atoms with Crippen LogP contribution in [0.2, 0.25) is 0 Å². The molecule has 2 atom stereocenters. The lowest BCUT2D eigenvalue weighted by Crippen LogP contribution is -2.21. The molecule has 0 saturated carbocycles. The maximum absolute atomic E-state index is 5.93. The molecule has 1 saturated heterocycles. The third-order valence-electron chi connectivity index (χ3n) is 4.52. The van der Waals surface area contributed by atoms with Gasteiger partial charge in [0.1, 0.15) is 0 Å². The van der Waals surface area contributed by atoms with E-state index in [-0.39, 0.29) is 11.9 Å². The summed E-state index contributed by atoms with van der Waals surface area (Å²) in [5.74, 6) is -0.373. The van der Waals surface area contributed by atoms with Crippen LogP contribution >= 0.6 is 0 Å². The molecule has 0 aromatic rings. The Morgan fingerprint density at radius 3 is 1.62 bits per heavy atom. The van der Waals surface area contributed by atoms with E-state index in [0.29, 0.717) is 6.10 Å². The zero-order chi connectivity index (χ0) is 15.6. The molecule has 1 fully saturated rings. The normalized spacial score (nSPS) is 24.6. The Balaban J connectivity index is 1.85. The lowest BCUT2D eigenvalue weighted by Gasteiger charge is -2.16. The summed E-state index contributed by atoms with van der Waals surface area (Å²) in [5.41, 5.74) is 0. The molecule has 1 aliphatic rings. The Hall–Kier alpha value is -0.0800. The van der Waals surface area contributed by atoms with Crippen LogP contribution < -0.4 is 0 Å². The summed E-state index contributed by atoms with van der Waals surface area (Å²) in [6.07, 6.45) is 17.1. The topological polar surface area (TPSA) is 18.5 Å². The van der Waals surface area contributed by atoms with Gasteiger partial charge < -0.3 is 9.47 Å². The standard InChI is InChI=1S/C19H38O2/c1-5-6-7-8-9-10-11-12-13-14-15-16-18-17(2)20-19(3,4)21-18/h17-18H,5-16H2,1-4H3. The van der Waals surface area contributed by atoms with Crippen molar-refractivity contribution in [1.82, 2.24) is 0 Å². The molecule has 126 valence electrons. The average Bonchev–Trinajstić information content (AvgIpc) is 2.69. The van der Waals surface area contributed by atoms with E-state index in [9.17, 15) is 0 Å². The van der Waals surface area contributed by atoms with Gasteiger partial charge in [0.15, 0.2) is 5.79 Å². The van der Waals surface area contributed by atoms with E-state index in [1.165, 1.54) is 70.6 Å². The van der Waals surface area contributed by atoms with Gasteiger partial charge in [0.25, 0.3) is 0 Å². The summed E-state index contributed by atoms with van der Waals surface area (Å²) in [7, 11) is 0. The lowest BCUT2D eigenvalue weighted by atomic mass is 10.0. The molecule has 0 N–H and O–H groups in total. The van der Waals surface area contributed by atoms with Crippen LogP contribution in [0.5, 0.6) is 0 Å². The van der Waals surface area contributed by atoms with Crippen molar-refractivity contribution in [2.24, 2.45) is 0 Å². The van der Waals surface area contributed by atoms with Gasteiger partial charge in [-0.15, -0.1) is 0 Å². The molecular weight excluding hydrogens is 260 g/mol. The molecule has 2 nitrogen and oxygen atoms in total. The van der Waals surface area contributed by atoms with Crippen molar-refractivity contribution in [3.8, 4) is 0 Å². The Morgan fingerprint density at radius 1 is 0.714 bits per heavy atom. The van der Waals surface area contributed by atoms with Gasteiger partial charge in [-0.3, -0.25) is 0 Å². The minimum absolute atomic E-state index is 0.253. The predicted molar refractivity (Wildman–Crippen MR) is 90.6 cm³/mol. The Bertz CT molecular complexity index is 250. The summed E-state index contributed by atoms with van der Waals surface area (Å²) >= 11 is 0. The molecular formula is C19H38O2. The van der Waals surface area contributed by atoms with Crippen molar-refractivity contribution in [3.05, 3.63) is 0 Å². The zero-order valence-corrected chi connectivity index (χ0v) is 15.0. The van der Waals surface area contributed by atoms with E-state index >= 15 is 0 Å². The van der Waals surface area contributed by atoms with Gasteiger partial charge in [-0.1, -0.05) is 77.6 Å². The van der Waals surface area contributed by atoms with E-state index in [4.69, 9.17) is 9.47 Å². The Kier molecular flexibility index (Phi) is 9.59. The number of ether oxygens (including phenoxy) is 2. The van der Waals surface area contributed by atoms with E-state index in [2.05, 4.69) is 13.8 Å². The first-order chi connectivity index (χ1) is 10.0. The largest absolute Gasteiger partial charge is 0.345 e. The van der Waals surface area contributed by atoms with Crippen LogP contribution in [0, 0.1) is 0 Å². The van der Waals surface area contributed by atoms with E-state index in [0.717, 1.165) is 6.42 Å². The fraction of sp³-hybridized carbons (Fsp3) is 1.00. The lowest BCUT2D eigenvalue weighted by molar-refractivity contribution is -0.145. The second kappa shape index (κ2) is 10.6. The van der Waals surface area contributed by atoms with Gasteiger partial charge in [0, 0.05) is 0 Å². The first-order valence-electron chi connectivity index (χ1n) is 9.41. The quantitative estimate of drug-likeness (QED) is 0.398. The van der Waals surface area contributed by atoms with Crippen LogP contribution in [0.1, 0.15) is 105 Å². The van der Waals surface area contributed by atoms with E-state index in [1.807, 2.05) is 13.8 Å². The predicted octanol–water partition coefficient (Wildman–Crippen LogP) is 6.23. The van der Waals surface area contributed by atoms with Gasteiger partial charge in [0.2, 0.25) is 0 Å². The molecule has 2 heteroatoms. The highest BCUT2D eigenvalue weighted by molar-refractivity contribution is 4.78. The van der Waals surface area contributed by atoms with Crippen molar-refractivity contribution in [2.75, 3.05) is 0 Å². The second-order valence-electron chi connectivity index (χ2n) is 7.20. The van der Waals surface area contributed by atoms with Crippen LogP contribution in [0.4, 0.5) is 0 Å². The first kappa shape index (κ1) is 19.0. The van der Waals surface area contributed by atoms with Crippen molar-refractivity contribution < 1.29 is 9.47 Å². The van der Waals surface area contributed by atoms with Crippen LogP contribution in [-0.2, 0) is 9.47 Å². The fourth-order valence-electron chi connectivity index (χ4n) is 3.32. The van der Waals surface area contributed by atoms with Crippen LogP contribution in [0.25, 0.3) is 0 Å². The minimum atomic E-state index is -0.373. The smallest absolute Gasteiger partial charge is 0.163 e. The monoisotopic (exact) mass is 298 g/mol. The average molecular weight is 299 g/mol. The molecule has 0 spiro atoms. The molecule has 2 unspecified atom stereocenters. The molecule has 21 heavy (non-hydrogen) atoms. The third-order valence-corrected chi connectivity index (χ3v) is 4.52. The van der Waals surface area contributed by atoms with Crippen LogP contribution in [0.3, 0.4) is 0 Å². The molecule has 0 aromatic carbocycles. The molecule has 0 radical (unpaired) electrons. The Morgan fingerprint density at radius 2 is 1.19 bits per heavy atom. The summed E-state index contributed by atoms with van der Waals surface area (Å²) in [6.45, 7) is 8.45. The van der Waals surface area contributed by atoms with Gasteiger partial charge in [-0.2, -0.15) is 0 Å². The van der Waals surface area contributed by atoms with Gasteiger partial charge in [0.05, 0.1) is 12.2 Å². The van der Waals surface area contributed by atoms with Gasteiger partial charge in [-0.05, 0) is 27.2 Å². The first-order valence-corrected chi connectivity index (χ1v) is 9.41. The van der Waals surface area contributed by atoms with Crippen LogP contribution in [0.15, 0.2) is 0 Å². The van der Waals surface area contributed by atoms with Gasteiger partial charge >= 0.3 is 0 Å². The van der Waals surface area contributed by atoms with E-state index < -0.39 is 0 Å². The molecule has 0 aromatic heterocycles.